The summed E-state index contributed by atoms with van der Waals surface area (Å²) in [5.41, 5.74) is 1.79. The molecule has 1 heterocycles. The summed E-state index contributed by atoms with van der Waals surface area (Å²) in [6.07, 6.45) is 0. The van der Waals surface area contributed by atoms with Gasteiger partial charge < -0.3 is 9.15 Å². The smallest absolute Gasteiger partial charge is 0.277 e. The van der Waals surface area contributed by atoms with Crippen LogP contribution in [-0.4, -0.2) is 17.3 Å². The van der Waals surface area contributed by atoms with E-state index in [4.69, 9.17) is 9.15 Å². The van der Waals surface area contributed by atoms with E-state index in [0.29, 0.717) is 16.9 Å². The van der Waals surface area contributed by atoms with E-state index in [2.05, 4.69) is 26.1 Å². The Morgan fingerprint density at radius 1 is 1.17 bits per heavy atom. The normalized spacial score (nSPS) is 10.7. The lowest BCUT2D eigenvalue weighted by Crippen LogP contribution is -1.85. The summed E-state index contributed by atoms with van der Waals surface area (Å²) in [6, 6.07) is 12.0. The van der Waals surface area contributed by atoms with Crippen molar-refractivity contribution >= 4 is 27.7 Å². The lowest BCUT2D eigenvalue weighted by atomic mass is 10.2. The molecule has 0 spiro atoms. The molecule has 0 saturated heterocycles. The van der Waals surface area contributed by atoms with Crippen LogP contribution in [0.5, 0.6) is 5.75 Å². The van der Waals surface area contributed by atoms with Crippen molar-refractivity contribution < 1.29 is 13.5 Å². The van der Waals surface area contributed by atoms with Crippen LogP contribution < -0.4 is 4.74 Å². The first-order valence-electron chi connectivity index (χ1n) is 6.70. The van der Waals surface area contributed by atoms with Gasteiger partial charge in [-0.25, -0.2) is 4.39 Å². The van der Waals surface area contributed by atoms with E-state index < -0.39 is 0 Å². The van der Waals surface area contributed by atoms with Crippen molar-refractivity contribution in [2.24, 2.45) is 0 Å². The number of aromatic nitrogens is 2. The maximum atomic E-state index is 13.1. The average Bonchev–Trinajstić information content (AvgIpc) is 3.03. The minimum Gasteiger partial charge on any atom is -0.497 e. The van der Waals surface area contributed by atoms with Crippen LogP contribution in [0.3, 0.4) is 0 Å². The molecule has 2 aromatic carbocycles. The Bertz CT molecular complexity index is 808. The van der Waals surface area contributed by atoms with Crippen molar-refractivity contribution in [3.63, 3.8) is 0 Å². The maximum absolute atomic E-state index is 13.1. The molecule has 0 amide bonds. The molecule has 0 N–H and O–H groups in total. The van der Waals surface area contributed by atoms with E-state index >= 15 is 0 Å². The van der Waals surface area contributed by atoms with Crippen LogP contribution in [0.15, 0.2) is 56.6 Å². The molecule has 3 aromatic rings. The molecule has 0 radical (unpaired) electrons. The quantitative estimate of drug-likeness (QED) is 0.573. The summed E-state index contributed by atoms with van der Waals surface area (Å²) in [5, 5.41) is 8.53. The molecule has 118 valence electrons. The van der Waals surface area contributed by atoms with E-state index in [-0.39, 0.29) is 5.82 Å². The van der Waals surface area contributed by atoms with Crippen LogP contribution in [-0.2, 0) is 5.75 Å². The molecule has 0 atom stereocenters. The van der Waals surface area contributed by atoms with E-state index in [0.717, 1.165) is 21.3 Å². The molecule has 7 heteroatoms. The lowest BCUT2D eigenvalue weighted by molar-refractivity contribution is 0.414. The van der Waals surface area contributed by atoms with Crippen LogP contribution in [0.2, 0.25) is 0 Å². The SMILES string of the molecule is COc1ccc(-c2nnc(SCc3ccc(F)cc3Br)o2)cc1. The van der Waals surface area contributed by atoms with Gasteiger partial charge in [-0.05, 0) is 42.0 Å². The summed E-state index contributed by atoms with van der Waals surface area (Å²) in [4.78, 5) is 0. The van der Waals surface area contributed by atoms with Crippen molar-refractivity contribution in [3.8, 4) is 17.2 Å². The first-order valence-corrected chi connectivity index (χ1v) is 8.48. The molecule has 0 fully saturated rings. The van der Waals surface area contributed by atoms with Crippen molar-refractivity contribution in [1.82, 2.24) is 10.2 Å². The molecule has 0 bridgehead atoms. The van der Waals surface area contributed by atoms with Gasteiger partial charge in [-0.3, -0.25) is 0 Å². The summed E-state index contributed by atoms with van der Waals surface area (Å²) >= 11 is 4.74. The van der Waals surface area contributed by atoms with Crippen molar-refractivity contribution in [2.75, 3.05) is 7.11 Å². The summed E-state index contributed by atoms with van der Waals surface area (Å²) in [5.74, 6) is 1.55. The lowest BCUT2D eigenvalue weighted by Gasteiger charge is -2.02. The summed E-state index contributed by atoms with van der Waals surface area (Å²) < 4.78 is 24.5. The molecule has 0 aliphatic rings. The fourth-order valence-corrected chi connectivity index (χ4v) is 3.34. The molecule has 4 nitrogen and oxygen atoms in total. The number of hydrogen-bond donors (Lipinski definition) is 0. The number of benzene rings is 2. The molecule has 23 heavy (non-hydrogen) atoms. The molecule has 0 aliphatic carbocycles. The Kier molecular flexibility index (Phi) is 4.97. The van der Waals surface area contributed by atoms with Gasteiger partial charge in [0.2, 0.25) is 5.89 Å². The fraction of sp³-hybridized carbons (Fsp3) is 0.125. The van der Waals surface area contributed by atoms with Crippen LogP contribution >= 0.6 is 27.7 Å². The van der Waals surface area contributed by atoms with E-state index in [1.807, 2.05) is 24.3 Å². The fourth-order valence-electron chi connectivity index (χ4n) is 1.90. The monoisotopic (exact) mass is 394 g/mol. The Balaban J connectivity index is 1.69. The van der Waals surface area contributed by atoms with Gasteiger partial charge in [-0.1, -0.05) is 33.8 Å². The van der Waals surface area contributed by atoms with Gasteiger partial charge in [-0.15, -0.1) is 10.2 Å². The van der Waals surface area contributed by atoms with Gasteiger partial charge in [-0.2, -0.15) is 0 Å². The third-order valence-corrected chi connectivity index (χ3v) is 4.72. The van der Waals surface area contributed by atoms with Gasteiger partial charge in [0, 0.05) is 15.8 Å². The van der Waals surface area contributed by atoms with E-state index in [9.17, 15) is 4.39 Å². The molecule has 0 saturated carbocycles. The minimum atomic E-state index is -0.273. The number of thioether (sulfide) groups is 1. The van der Waals surface area contributed by atoms with Gasteiger partial charge >= 0.3 is 0 Å². The topological polar surface area (TPSA) is 48.2 Å². The first-order chi connectivity index (χ1) is 11.2. The number of methoxy groups -OCH3 is 1. The number of nitrogens with zero attached hydrogens (tertiary/aromatic N) is 2. The highest BCUT2D eigenvalue weighted by Crippen LogP contribution is 2.29. The third kappa shape index (κ3) is 3.92. The van der Waals surface area contributed by atoms with Crippen LogP contribution in [0.25, 0.3) is 11.5 Å². The van der Waals surface area contributed by atoms with Crippen LogP contribution in [0.4, 0.5) is 4.39 Å². The van der Waals surface area contributed by atoms with Crippen LogP contribution in [0.1, 0.15) is 5.56 Å². The van der Waals surface area contributed by atoms with Gasteiger partial charge in [0.1, 0.15) is 11.6 Å². The summed E-state index contributed by atoms with van der Waals surface area (Å²) in [6.45, 7) is 0. The Morgan fingerprint density at radius 3 is 2.65 bits per heavy atom. The van der Waals surface area contributed by atoms with Gasteiger partial charge in [0.05, 0.1) is 7.11 Å². The number of hydrogen-bond acceptors (Lipinski definition) is 5. The van der Waals surface area contributed by atoms with Crippen molar-refractivity contribution in [3.05, 3.63) is 58.3 Å². The second-order valence-electron chi connectivity index (χ2n) is 4.63. The van der Waals surface area contributed by atoms with Crippen molar-refractivity contribution in [1.29, 1.82) is 0 Å². The Morgan fingerprint density at radius 2 is 1.96 bits per heavy atom. The average molecular weight is 395 g/mol. The zero-order chi connectivity index (χ0) is 16.2. The van der Waals surface area contributed by atoms with Crippen LogP contribution in [0, 0.1) is 5.82 Å². The van der Waals surface area contributed by atoms with Crippen molar-refractivity contribution in [2.45, 2.75) is 11.0 Å². The third-order valence-electron chi connectivity index (χ3n) is 3.11. The minimum absolute atomic E-state index is 0.273. The predicted octanol–water partition coefficient (Wildman–Crippen LogP) is 4.94. The molecule has 3 rings (SSSR count). The molecular weight excluding hydrogens is 383 g/mol. The Hall–Kier alpha value is -1.86. The highest BCUT2D eigenvalue weighted by Gasteiger charge is 2.10. The highest BCUT2D eigenvalue weighted by atomic mass is 79.9. The molecule has 1 aromatic heterocycles. The van der Waals surface area contributed by atoms with E-state index in [1.54, 1.807) is 13.2 Å². The van der Waals surface area contributed by atoms with Gasteiger partial charge in [0.25, 0.3) is 5.22 Å². The summed E-state index contributed by atoms with van der Waals surface area (Å²) in [7, 11) is 1.62. The van der Waals surface area contributed by atoms with E-state index in [1.165, 1.54) is 23.9 Å². The molecular formula is C16H12BrFN2O2S. The second-order valence-corrected chi connectivity index (χ2v) is 6.41. The largest absolute Gasteiger partial charge is 0.497 e. The standard InChI is InChI=1S/C16H12BrFN2O2S/c1-21-13-6-3-10(4-7-13)15-19-20-16(22-15)23-9-11-2-5-12(18)8-14(11)17/h2-8H,9H2,1H3. The number of rotatable bonds is 5. The zero-order valence-corrected chi connectivity index (χ0v) is 14.5. The first kappa shape index (κ1) is 16.0. The highest BCUT2D eigenvalue weighted by molar-refractivity contribution is 9.10. The van der Waals surface area contributed by atoms with Gasteiger partial charge in [0.15, 0.2) is 0 Å². The number of ether oxygens (including phenoxy) is 1. The maximum Gasteiger partial charge on any atom is 0.277 e. The molecule has 0 unspecified atom stereocenters. The zero-order valence-electron chi connectivity index (χ0n) is 12.1. The predicted molar refractivity (Wildman–Crippen MR) is 89.9 cm³/mol. The molecule has 0 aliphatic heterocycles. The number of halogens is 2. The Labute approximate surface area is 145 Å². The second kappa shape index (κ2) is 7.14.